The van der Waals surface area contributed by atoms with Gasteiger partial charge in [-0.1, -0.05) is 38.1 Å². The molecular weight excluding hydrogens is 346 g/mol. The highest BCUT2D eigenvalue weighted by Gasteiger charge is 2.24. The summed E-state index contributed by atoms with van der Waals surface area (Å²) in [4.78, 5) is 35.0. The zero-order chi connectivity index (χ0) is 20.0. The Hall–Kier alpha value is -3.16. The number of nitrogens with one attached hydrogen (secondary N) is 2. The highest BCUT2D eigenvalue weighted by atomic mass is 16.2. The number of hydrogen-bond acceptors (Lipinski definition) is 4. The van der Waals surface area contributed by atoms with Crippen molar-refractivity contribution in [1.82, 2.24) is 15.1 Å². The van der Waals surface area contributed by atoms with Crippen LogP contribution in [-0.2, 0) is 26.3 Å². The van der Waals surface area contributed by atoms with Gasteiger partial charge in [0.2, 0.25) is 5.91 Å². The standard InChI is InChI=1S/C19H25N5O3/c1-13-6-4-5-7-14(13)19(2,3)12-21-17(26)18(27)22-16-9-11-24(23-16)10-8-15(20)25/h4-7,9,11H,8,10,12H2,1-3H3,(H2,20,25)(H,21,26)(H,22,23,27). The maximum atomic E-state index is 12.1. The van der Waals surface area contributed by atoms with E-state index < -0.39 is 17.7 Å². The Morgan fingerprint density at radius 1 is 1.15 bits per heavy atom. The summed E-state index contributed by atoms with van der Waals surface area (Å²) in [7, 11) is 0. The van der Waals surface area contributed by atoms with Crippen molar-refractivity contribution in [3.63, 3.8) is 0 Å². The number of aryl methyl sites for hydroxylation is 2. The molecule has 1 heterocycles. The van der Waals surface area contributed by atoms with Crippen LogP contribution in [0.25, 0.3) is 0 Å². The number of nitrogens with zero attached hydrogens (tertiary/aromatic N) is 2. The third-order valence-electron chi connectivity index (χ3n) is 4.24. The summed E-state index contributed by atoms with van der Waals surface area (Å²) >= 11 is 0. The van der Waals surface area contributed by atoms with E-state index in [9.17, 15) is 14.4 Å². The number of hydrogen-bond donors (Lipinski definition) is 3. The van der Waals surface area contributed by atoms with Gasteiger partial charge in [0.1, 0.15) is 0 Å². The van der Waals surface area contributed by atoms with Gasteiger partial charge >= 0.3 is 11.8 Å². The first-order valence-electron chi connectivity index (χ1n) is 8.66. The number of rotatable bonds is 7. The molecule has 0 aliphatic rings. The van der Waals surface area contributed by atoms with Crippen molar-refractivity contribution in [3.8, 4) is 0 Å². The second-order valence-electron chi connectivity index (χ2n) is 7.02. The molecule has 1 aromatic heterocycles. The van der Waals surface area contributed by atoms with E-state index in [4.69, 9.17) is 5.73 Å². The number of benzene rings is 1. The molecule has 0 atom stereocenters. The molecule has 0 saturated carbocycles. The number of carbonyl (C=O) groups is 3. The van der Waals surface area contributed by atoms with E-state index in [2.05, 4.69) is 15.7 Å². The summed E-state index contributed by atoms with van der Waals surface area (Å²) in [5.74, 6) is -1.73. The van der Waals surface area contributed by atoms with Crippen LogP contribution < -0.4 is 16.4 Å². The molecule has 8 nitrogen and oxygen atoms in total. The third kappa shape index (κ3) is 5.67. The van der Waals surface area contributed by atoms with Crippen LogP contribution in [0.3, 0.4) is 0 Å². The minimum absolute atomic E-state index is 0.142. The first-order valence-corrected chi connectivity index (χ1v) is 8.66. The molecule has 2 aromatic rings. The van der Waals surface area contributed by atoms with Crippen LogP contribution in [0.1, 0.15) is 31.4 Å². The molecule has 8 heteroatoms. The van der Waals surface area contributed by atoms with Crippen LogP contribution in [-0.4, -0.2) is 34.0 Å². The molecule has 1 aromatic carbocycles. The SMILES string of the molecule is Cc1ccccc1C(C)(C)CNC(=O)C(=O)Nc1ccn(CCC(N)=O)n1. The summed E-state index contributed by atoms with van der Waals surface area (Å²) in [6.45, 7) is 6.65. The van der Waals surface area contributed by atoms with Crippen LogP contribution in [0.4, 0.5) is 5.82 Å². The number of amides is 3. The number of anilines is 1. The zero-order valence-corrected chi connectivity index (χ0v) is 15.8. The molecule has 0 unspecified atom stereocenters. The Balaban J connectivity index is 1.89. The molecule has 0 aliphatic carbocycles. The van der Waals surface area contributed by atoms with Crippen molar-refractivity contribution in [2.45, 2.75) is 39.2 Å². The van der Waals surface area contributed by atoms with Crippen molar-refractivity contribution < 1.29 is 14.4 Å². The van der Waals surface area contributed by atoms with E-state index >= 15 is 0 Å². The van der Waals surface area contributed by atoms with E-state index in [1.807, 2.05) is 45.0 Å². The molecule has 0 fully saturated rings. The molecule has 27 heavy (non-hydrogen) atoms. The molecule has 0 spiro atoms. The summed E-state index contributed by atoms with van der Waals surface area (Å²) in [5.41, 5.74) is 7.00. The first kappa shape index (κ1) is 20.2. The summed E-state index contributed by atoms with van der Waals surface area (Å²) < 4.78 is 1.47. The predicted molar refractivity (Wildman–Crippen MR) is 102 cm³/mol. The average Bonchev–Trinajstić information content (AvgIpc) is 3.05. The Bertz CT molecular complexity index is 841. The number of primary amides is 1. The largest absolute Gasteiger partial charge is 0.370 e. The fourth-order valence-corrected chi connectivity index (χ4v) is 2.76. The monoisotopic (exact) mass is 371 g/mol. The average molecular weight is 371 g/mol. The smallest absolute Gasteiger partial charge is 0.314 e. The van der Waals surface area contributed by atoms with Crippen molar-refractivity contribution in [2.75, 3.05) is 11.9 Å². The van der Waals surface area contributed by atoms with Gasteiger partial charge < -0.3 is 16.4 Å². The lowest BCUT2D eigenvalue weighted by atomic mass is 9.82. The third-order valence-corrected chi connectivity index (χ3v) is 4.24. The van der Waals surface area contributed by atoms with Gasteiger partial charge in [0.15, 0.2) is 5.82 Å². The minimum Gasteiger partial charge on any atom is -0.370 e. The van der Waals surface area contributed by atoms with Crippen molar-refractivity contribution in [3.05, 3.63) is 47.7 Å². The minimum atomic E-state index is -0.796. The second-order valence-corrected chi connectivity index (χ2v) is 7.02. The van der Waals surface area contributed by atoms with Crippen LogP contribution in [0.2, 0.25) is 0 Å². The van der Waals surface area contributed by atoms with Gasteiger partial charge in [0, 0.05) is 37.2 Å². The number of carbonyl (C=O) groups excluding carboxylic acids is 3. The van der Waals surface area contributed by atoms with Gasteiger partial charge in [0.25, 0.3) is 0 Å². The highest BCUT2D eigenvalue weighted by Crippen LogP contribution is 2.25. The Kier molecular flexibility index (Phi) is 6.33. The van der Waals surface area contributed by atoms with Crippen molar-refractivity contribution in [2.24, 2.45) is 5.73 Å². The maximum absolute atomic E-state index is 12.1. The Morgan fingerprint density at radius 2 is 1.85 bits per heavy atom. The molecule has 0 bridgehead atoms. The fourth-order valence-electron chi connectivity index (χ4n) is 2.76. The lowest BCUT2D eigenvalue weighted by Crippen LogP contribution is -2.42. The van der Waals surface area contributed by atoms with Crippen molar-refractivity contribution >= 4 is 23.5 Å². The van der Waals surface area contributed by atoms with E-state index in [0.717, 1.165) is 11.1 Å². The van der Waals surface area contributed by atoms with E-state index in [1.54, 1.807) is 12.3 Å². The molecule has 4 N–H and O–H groups in total. The van der Waals surface area contributed by atoms with E-state index in [0.29, 0.717) is 13.1 Å². The van der Waals surface area contributed by atoms with Crippen LogP contribution in [0.15, 0.2) is 36.5 Å². The van der Waals surface area contributed by atoms with Gasteiger partial charge in [-0.05, 0) is 18.1 Å². The number of nitrogens with two attached hydrogens (primary N) is 1. The molecule has 0 aliphatic heterocycles. The molecule has 3 amide bonds. The van der Waals surface area contributed by atoms with Crippen molar-refractivity contribution in [1.29, 1.82) is 0 Å². The van der Waals surface area contributed by atoms with Crippen LogP contribution in [0.5, 0.6) is 0 Å². The topological polar surface area (TPSA) is 119 Å². The lowest BCUT2D eigenvalue weighted by Gasteiger charge is -2.27. The van der Waals surface area contributed by atoms with Gasteiger partial charge in [0.05, 0.1) is 0 Å². The number of aromatic nitrogens is 2. The molecule has 2 rings (SSSR count). The van der Waals surface area contributed by atoms with Crippen LogP contribution >= 0.6 is 0 Å². The van der Waals surface area contributed by atoms with Gasteiger partial charge in [-0.25, -0.2) is 0 Å². The Labute approximate surface area is 158 Å². The molecule has 144 valence electrons. The Morgan fingerprint density at radius 3 is 2.52 bits per heavy atom. The summed E-state index contributed by atoms with van der Waals surface area (Å²) in [6, 6.07) is 9.49. The van der Waals surface area contributed by atoms with Gasteiger partial charge in [-0.15, -0.1) is 0 Å². The molecular formula is C19H25N5O3. The summed E-state index contributed by atoms with van der Waals surface area (Å²) in [5, 5.41) is 9.18. The maximum Gasteiger partial charge on any atom is 0.314 e. The predicted octanol–water partition coefficient (Wildman–Crippen LogP) is 1.10. The van der Waals surface area contributed by atoms with E-state index in [1.165, 1.54) is 4.68 Å². The molecule has 0 radical (unpaired) electrons. The normalized spacial score (nSPS) is 11.1. The first-order chi connectivity index (χ1) is 12.7. The fraction of sp³-hybridized carbons (Fsp3) is 0.368. The lowest BCUT2D eigenvalue weighted by molar-refractivity contribution is -0.136. The molecule has 0 saturated heterocycles. The van der Waals surface area contributed by atoms with Gasteiger partial charge in [-0.2, -0.15) is 5.10 Å². The van der Waals surface area contributed by atoms with Gasteiger partial charge in [-0.3, -0.25) is 19.1 Å². The quantitative estimate of drug-likeness (QED) is 0.631. The van der Waals surface area contributed by atoms with Crippen LogP contribution in [0, 0.1) is 6.92 Å². The summed E-state index contributed by atoms with van der Waals surface area (Å²) in [6.07, 6.45) is 1.74. The second kappa shape index (κ2) is 8.48. The highest BCUT2D eigenvalue weighted by molar-refractivity contribution is 6.39. The van der Waals surface area contributed by atoms with E-state index in [-0.39, 0.29) is 17.7 Å². The zero-order valence-electron chi connectivity index (χ0n) is 15.8.